The molecule has 1 N–H and O–H groups in total. The summed E-state index contributed by atoms with van der Waals surface area (Å²) in [5.41, 5.74) is 1.07. The van der Waals surface area contributed by atoms with E-state index >= 15 is 0 Å². The summed E-state index contributed by atoms with van der Waals surface area (Å²) >= 11 is 6.06. The topological polar surface area (TPSA) is 61.9 Å². The van der Waals surface area contributed by atoms with E-state index in [1.807, 2.05) is 24.3 Å². The predicted molar refractivity (Wildman–Crippen MR) is 115 cm³/mol. The molecule has 0 aromatic heterocycles. The number of hydrogen-bond acceptors (Lipinski definition) is 4. The monoisotopic (exact) mass is 421 g/mol. The van der Waals surface area contributed by atoms with Gasteiger partial charge in [-0.25, -0.2) is 0 Å². The highest BCUT2D eigenvalue weighted by Crippen LogP contribution is 2.29. The van der Waals surface area contributed by atoms with E-state index in [4.69, 9.17) is 16.3 Å². The van der Waals surface area contributed by atoms with Gasteiger partial charge in [0.15, 0.2) is 0 Å². The van der Waals surface area contributed by atoms with Crippen molar-refractivity contribution >= 4 is 29.1 Å². The highest BCUT2D eigenvalue weighted by molar-refractivity contribution is 6.30. The Balaban J connectivity index is 1.35. The van der Waals surface area contributed by atoms with Crippen LogP contribution in [0.4, 0.5) is 5.69 Å². The Bertz CT molecular complexity index is 706. The van der Waals surface area contributed by atoms with Crippen LogP contribution in [0.3, 0.4) is 0 Å². The van der Waals surface area contributed by atoms with E-state index in [0.29, 0.717) is 29.9 Å². The van der Waals surface area contributed by atoms with Gasteiger partial charge in [-0.05, 0) is 36.5 Å². The second kappa shape index (κ2) is 10.3. The summed E-state index contributed by atoms with van der Waals surface area (Å²) in [5.74, 6) is 0.907. The molecule has 0 bridgehead atoms. The summed E-state index contributed by atoms with van der Waals surface area (Å²) in [5, 5.41) is 3.79. The second-order valence-corrected chi connectivity index (χ2v) is 8.72. The molecule has 2 amide bonds. The number of rotatable bonds is 6. The minimum absolute atomic E-state index is 0.0544. The lowest BCUT2D eigenvalue weighted by atomic mass is 9.78. The molecule has 1 aliphatic heterocycles. The van der Waals surface area contributed by atoms with Gasteiger partial charge in [0.05, 0.1) is 0 Å². The molecule has 0 spiro atoms. The van der Waals surface area contributed by atoms with Gasteiger partial charge in [0.2, 0.25) is 11.8 Å². The molecular weight excluding hydrogens is 390 g/mol. The quantitative estimate of drug-likeness (QED) is 0.767. The van der Waals surface area contributed by atoms with Crippen molar-refractivity contribution in [2.24, 2.45) is 11.8 Å². The van der Waals surface area contributed by atoms with Crippen molar-refractivity contribution in [3.05, 3.63) is 29.3 Å². The Hall–Kier alpha value is -1.79. The number of benzene rings is 1. The van der Waals surface area contributed by atoms with Crippen molar-refractivity contribution < 1.29 is 14.3 Å². The molecule has 29 heavy (non-hydrogen) atoms. The third-order valence-corrected chi connectivity index (χ3v) is 6.55. The molecule has 2 aliphatic rings. The van der Waals surface area contributed by atoms with Gasteiger partial charge < -0.3 is 19.9 Å². The third kappa shape index (κ3) is 6.09. The zero-order valence-electron chi connectivity index (χ0n) is 17.4. The summed E-state index contributed by atoms with van der Waals surface area (Å²) in [6.07, 6.45) is 3.40. The average Bonchev–Trinajstić information content (AvgIpc) is 2.71. The summed E-state index contributed by atoms with van der Waals surface area (Å²) < 4.78 is 5.41. The Labute approximate surface area is 178 Å². The first-order valence-electron chi connectivity index (χ1n) is 10.6. The van der Waals surface area contributed by atoms with Crippen molar-refractivity contribution in [3.63, 3.8) is 0 Å². The summed E-state index contributed by atoms with van der Waals surface area (Å²) in [6, 6.07) is 7.97. The number of nitrogens with zero attached hydrogens (tertiary/aromatic N) is 2. The molecule has 1 saturated carbocycles. The van der Waals surface area contributed by atoms with Crippen LogP contribution in [0.2, 0.25) is 5.02 Å². The molecule has 7 heteroatoms. The molecule has 160 valence electrons. The largest absolute Gasteiger partial charge is 0.368 e. The standard InChI is InChI=1S/C22H32ClN3O3/c1-16-5-3-8-20(17(16)2)24-21(27)14-29-15-22(28)26-11-9-25(10-12-26)19-7-4-6-18(23)13-19/h4,6-7,13,16-17,20H,3,5,8-12,14-15H2,1-2H3,(H,24,27)/t16-,17+,20+/m1/s1. The van der Waals surface area contributed by atoms with Crippen LogP contribution in [0.5, 0.6) is 0 Å². The number of amides is 2. The normalized spacial score (nSPS) is 25.0. The van der Waals surface area contributed by atoms with Gasteiger partial charge in [-0.2, -0.15) is 0 Å². The van der Waals surface area contributed by atoms with E-state index in [-0.39, 0.29) is 31.1 Å². The summed E-state index contributed by atoms with van der Waals surface area (Å²) in [6.45, 7) is 7.10. The minimum Gasteiger partial charge on any atom is -0.368 e. The van der Waals surface area contributed by atoms with Gasteiger partial charge in [-0.1, -0.05) is 44.4 Å². The predicted octanol–water partition coefficient (Wildman–Crippen LogP) is 2.95. The summed E-state index contributed by atoms with van der Waals surface area (Å²) in [7, 11) is 0. The smallest absolute Gasteiger partial charge is 0.248 e. The van der Waals surface area contributed by atoms with Crippen LogP contribution in [0.1, 0.15) is 33.1 Å². The Morgan fingerprint density at radius 1 is 1.14 bits per heavy atom. The number of hydrogen-bond donors (Lipinski definition) is 1. The van der Waals surface area contributed by atoms with Crippen molar-refractivity contribution in [1.29, 1.82) is 0 Å². The number of carbonyl (C=O) groups is 2. The maximum atomic E-state index is 12.4. The van der Waals surface area contributed by atoms with Crippen LogP contribution in [-0.4, -0.2) is 62.1 Å². The number of halogens is 1. The van der Waals surface area contributed by atoms with Crippen LogP contribution < -0.4 is 10.2 Å². The van der Waals surface area contributed by atoms with Gasteiger partial charge in [-0.15, -0.1) is 0 Å². The number of ether oxygens (including phenoxy) is 1. The van der Waals surface area contributed by atoms with Gasteiger partial charge in [0.25, 0.3) is 0 Å². The van der Waals surface area contributed by atoms with E-state index in [0.717, 1.165) is 31.6 Å². The van der Waals surface area contributed by atoms with Crippen LogP contribution in [0.15, 0.2) is 24.3 Å². The van der Waals surface area contributed by atoms with Crippen molar-refractivity contribution in [3.8, 4) is 0 Å². The molecule has 6 nitrogen and oxygen atoms in total. The van der Waals surface area contributed by atoms with Gasteiger partial charge in [0, 0.05) is 42.9 Å². The third-order valence-electron chi connectivity index (χ3n) is 6.32. The van der Waals surface area contributed by atoms with Gasteiger partial charge in [0.1, 0.15) is 13.2 Å². The molecule has 1 heterocycles. The van der Waals surface area contributed by atoms with E-state index in [1.54, 1.807) is 4.90 Å². The molecule has 3 atom stereocenters. The Morgan fingerprint density at radius 3 is 2.62 bits per heavy atom. The highest BCUT2D eigenvalue weighted by Gasteiger charge is 2.28. The molecule has 1 aromatic carbocycles. The Kier molecular flexibility index (Phi) is 7.78. The lowest BCUT2D eigenvalue weighted by molar-refractivity contribution is -0.138. The first kappa shape index (κ1) is 21.9. The van der Waals surface area contributed by atoms with E-state index in [1.165, 1.54) is 6.42 Å². The fraction of sp³-hybridized carbons (Fsp3) is 0.636. The van der Waals surface area contributed by atoms with Gasteiger partial charge in [-0.3, -0.25) is 9.59 Å². The molecular formula is C22H32ClN3O3. The number of carbonyl (C=O) groups excluding carboxylic acids is 2. The molecule has 1 aromatic rings. The molecule has 0 unspecified atom stereocenters. The molecule has 1 saturated heterocycles. The SMILES string of the molecule is C[C@H]1[C@H](C)CCC[C@@H]1NC(=O)COCC(=O)N1CCN(c2cccc(Cl)c2)CC1. The number of piperazine rings is 1. The minimum atomic E-state index is -0.130. The first-order chi connectivity index (χ1) is 13.9. The number of nitrogens with one attached hydrogen (secondary N) is 1. The van der Waals surface area contributed by atoms with Crippen molar-refractivity contribution in [2.45, 2.75) is 39.2 Å². The van der Waals surface area contributed by atoms with E-state index in [9.17, 15) is 9.59 Å². The molecule has 2 fully saturated rings. The van der Waals surface area contributed by atoms with Crippen molar-refractivity contribution in [1.82, 2.24) is 10.2 Å². The zero-order chi connectivity index (χ0) is 20.8. The van der Waals surface area contributed by atoms with Gasteiger partial charge >= 0.3 is 0 Å². The van der Waals surface area contributed by atoms with E-state index < -0.39 is 0 Å². The maximum absolute atomic E-state index is 12.4. The molecule has 0 radical (unpaired) electrons. The van der Waals surface area contributed by atoms with Crippen LogP contribution in [0, 0.1) is 11.8 Å². The lowest BCUT2D eigenvalue weighted by Gasteiger charge is -2.36. The molecule has 3 rings (SSSR count). The van der Waals surface area contributed by atoms with E-state index in [2.05, 4.69) is 24.1 Å². The Morgan fingerprint density at radius 2 is 1.90 bits per heavy atom. The molecule has 1 aliphatic carbocycles. The zero-order valence-corrected chi connectivity index (χ0v) is 18.2. The van der Waals surface area contributed by atoms with Crippen LogP contribution in [-0.2, 0) is 14.3 Å². The first-order valence-corrected chi connectivity index (χ1v) is 11.0. The maximum Gasteiger partial charge on any atom is 0.248 e. The fourth-order valence-electron chi connectivity index (χ4n) is 4.24. The second-order valence-electron chi connectivity index (χ2n) is 8.28. The fourth-order valence-corrected chi connectivity index (χ4v) is 4.43. The van der Waals surface area contributed by atoms with Crippen molar-refractivity contribution in [2.75, 3.05) is 44.3 Å². The summed E-state index contributed by atoms with van der Waals surface area (Å²) in [4.78, 5) is 28.6. The number of anilines is 1. The highest BCUT2D eigenvalue weighted by atomic mass is 35.5. The average molecular weight is 422 g/mol. The van der Waals surface area contributed by atoms with Crippen LogP contribution in [0.25, 0.3) is 0 Å². The lowest BCUT2D eigenvalue weighted by Crippen LogP contribution is -2.50. The van der Waals surface area contributed by atoms with Crippen LogP contribution >= 0.6 is 11.6 Å².